The van der Waals surface area contributed by atoms with Crippen molar-refractivity contribution in [2.24, 2.45) is 0 Å². The Kier molecular flexibility index (Phi) is 9.22. The van der Waals surface area contributed by atoms with Crippen molar-refractivity contribution < 1.29 is 17.8 Å². The fourth-order valence-corrected chi connectivity index (χ4v) is 4.40. The number of aryl methyl sites for hydroxylation is 2. The van der Waals surface area contributed by atoms with Crippen molar-refractivity contribution in [2.75, 3.05) is 20.1 Å². The van der Waals surface area contributed by atoms with Crippen molar-refractivity contribution in [3.63, 3.8) is 0 Å². The standard InChI is InChI=1S/C17H26N2O.C7H8O3S/c1-13-7-4-5-8-16(13)15-11-14(2)19(12-15)17(20)9-6-10-18-3;1-6-2-4-7(5-3-6)11(8,9)10/h4-5,7-8,14-15,18H,6,9-12H2,1-3H3;2-5H,1H3,(H,8,9,10). The number of hydrogen-bond acceptors (Lipinski definition) is 4. The summed E-state index contributed by atoms with van der Waals surface area (Å²) < 4.78 is 29.6. The van der Waals surface area contributed by atoms with E-state index >= 15 is 0 Å². The highest BCUT2D eigenvalue weighted by molar-refractivity contribution is 7.85. The van der Waals surface area contributed by atoms with Gasteiger partial charge in [0.15, 0.2) is 0 Å². The molecular formula is C24H34N2O4S. The first kappa shape index (κ1) is 25.0. The van der Waals surface area contributed by atoms with E-state index in [9.17, 15) is 13.2 Å². The smallest absolute Gasteiger partial charge is 0.294 e. The first-order valence-corrected chi connectivity index (χ1v) is 12.1. The summed E-state index contributed by atoms with van der Waals surface area (Å²) in [7, 11) is -2.09. The Balaban J connectivity index is 0.000000262. The van der Waals surface area contributed by atoms with Crippen molar-refractivity contribution in [2.45, 2.75) is 56.9 Å². The van der Waals surface area contributed by atoms with E-state index in [0.717, 1.165) is 31.5 Å². The number of nitrogens with one attached hydrogen (secondary N) is 1. The molecule has 6 nitrogen and oxygen atoms in total. The van der Waals surface area contributed by atoms with E-state index in [1.807, 2.05) is 14.0 Å². The molecule has 1 heterocycles. The molecule has 31 heavy (non-hydrogen) atoms. The van der Waals surface area contributed by atoms with Crippen molar-refractivity contribution in [1.29, 1.82) is 0 Å². The highest BCUT2D eigenvalue weighted by atomic mass is 32.2. The highest BCUT2D eigenvalue weighted by Crippen LogP contribution is 2.33. The number of carbonyl (C=O) groups is 1. The van der Waals surface area contributed by atoms with Gasteiger partial charge >= 0.3 is 0 Å². The summed E-state index contributed by atoms with van der Waals surface area (Å²) in [5, 5.41) is 3.10. The van der Waals surface area contributed by atoms with E-state index in [1.165, 1.54) is 23.3 Å². The molecule has 0 radical (unpaired) electrons. The second-order valence-electron chi connectivity index (χ2n) is 8.18. The molecule has 2 atom stereocenters. The number of carbonyl (C=O) groups excluding carboxylic acids is 1. The molecule has 2 N–H and O–H groups in total. The van der Waals surface area contributed by atoms with Crippen LogP contribution >= 0.6 is 0 Å². The predicted octanol–water partition coefficient (Wildman–Crippen LogP) is 3.94. The third kappa shape index (κ3) is 7.45. The van der Waals surface area contributed by atoms with Gasteiger partial charge in [0.25, 0.3) is 10.1 Å². The van der Waals surface area contributed by atoms with Crippen LogP contribution in [0.25, 0.3) is 0 Å². The molecule has 170 valence electrons. The van der Waals surface area contributed by atoms with E-state index in [-0.39, 0.29) is 4.90 Å². The average Bonchev–Trinajstić information content (AvgIpc) is 3.10. The van der Waals surface area contributed by atoms with Gasteiger partial charge in [0.1, 0.15) is 0 Å². The van der Waals surface area contributed by atoms with Gasteiger partial charge in [-0.1, -0.05) is 42.0 Å². The number of likely N-dealkylation sites (tertiary alicyclic amines) is 1. The molecule has 3 rings (SSSR count). The van der Waals surface area contributed by atoms with Crippen LogP contribution in [0.3, 0.4) is 0 Å². The fraction of sp³-hybridized carbons (Fsp3) is 0.458. The zero-order valence-electron chi connectivity index (χ0n) is 18.8. The third-order valence-corrected chi connectivity index (χ3v) is 6.53. The Bertz CT molecular complexity index is 958. The molecule has 0 aromatic heterocycles. The maximum absolute atomic E-state index is 12.3. The lowest BCUT2D eigenvalue weighted by Gasteiger charge is -2.21. The molecule has 0 saturated carbocycles. The molecule has 7 heteroatoms. The summed E-state index contributed by atoms with van der Waals surface area (Å²) in [5.74, 6) is 0.809. The summed E-state index contributed by atoms with van der Waals surface area (Å²) in [6.45, 7) is 7.97. The molecule has 0 spiro atoms. The first-order valence-electron chi connectivity index (χ1n) is 10.7. The van der Waals surface area contributed by atoms with Crippen molar-refractivity contribution >= 4 is 16.0 Å². The average molecular weight is 447 g/mol. The second-order valence-corrected chi connectivity index (χ2v) is 9.60. The van der Waals surface area contributed by atoms with Gasteiger partial charge in [0.05, 0.1) is 4.90 Å². The Morgan fingerprint density at radius 1 is 1.13 bits per heavy atom. The van der Waals surface area contributed by atoms with Crippen LogP contribution in [0.15, 0.2) is 53.4 Å². The molecule has 2 aromatic rings. The van der Waals surface area contributed by atoms with Gasteiger partial charge < -0.3 is 10.2 Å². The summed E-state index contributed by atoms with van der Waals surface area (Å²) in [6.07, 6.45) is 2.67. The zero-order valence-corrected chi connectivity index (χ0v) is 19.7. The Morgan fingerprint density at radius 2 is 1.77 bits per heavy atom. The van der Waals surface area contributed by atoms with Crippen LogP contribution < -0.4 is 5.32 Å². The fourth-order valence-electron chi connectivity index (χ4n) is 3.92. The molecule has 2 unspecified atom stereocenters. The lowest BCUT2D eigenvalue weighted by molar-refractivity contribution is -0.131. The SMILES string of the molecule is CNCCCC(=O)N1CC(c2ccccc2C)CC1C.Cc1ccc(S(=O)(=O)O)cc1. The first-order chi connectivity index (χ1) is 14.6. The number of benzene rings is 2. The minimum Gasteiger partial charge on any atom is -0.339 e. The van der Waals surface area contributed by atoms with Crippen LogP contribution in [-0.4, -0.2) is 50.0 Å². The number of amides is 1. The second kappa shape index (κ2) is 11.4. The van der Waals surface area contributed by atoms with Gasteiger partial charge in [-0.3, -0.25) is 9.35 Å². The van der Waals surface area contributed by atoms with E-state index in [2.05, 4.69) is 48.3 Å². The summed E-state index contributed by atoms with van der Waals surface area (Å²) in [6, 6.07) is 14.9. The Hall–Kier alpha value is -2.22. The number of rotatable bonds is 6. The summed E-state index contributed by atoms with van der Waals surface area (Å²) in [5.41, 5.74) is 3.71. The zero-order chi connectivity index (χ0) is 23.0. The van der Waals surface area contributed by atoms with E-state index in [0.29, 0.717) is 24.3 Å². The molecular weight excluding hydrogens is 412 g/mol. The van der Waals surface area contributed by atoms with Crippen molar-refractivity contribution in [3.8, 4) is 0 Å². The van der Waals surface area contributed by atoms with Gasteiger partial charge in [0.2, 0.25) is 5.91 Å². The molecule has 2 aromatic carbocycles. The summed E-state index contributed by atoms with van der Waals surface area (Å²) in [4.78, 5) is 14.3. The summed E-state index contributed by atoms with van der Waals surface area (Å²) >= 11 is 0. The highest BCUT2D eigenvalue weighted by Gasteiger charge is 2.33. The van der Waals surface area contributed by atoms with Gasteiger partial charge in [0, 0.05) is 24.9 Å². The lowest BCUT2D eigenvalue weighted by atomic mass is 9.93. The van der Waals surface area contributed by atoms with Crippen LogP contribution in [0, 0.1) is 13.8 Å². The predicted molar refractivity (Wildman–Crippen MR) is 124 cm³/mol. The molecule has 1 aliphatic heterocycles. The van der Waals surface area contributed by atoms with Gasteiger partial charge in [-0.05, 0) is 70.5 Å². The van der Waals surface area contributed by atoms with Crippen LogP contribution in [0.4, 0.5) is 0 Å². The topological polar surface area (TPSA) is 86.7 Å². The molecule has 1 amide bonds. The Morgan fingerprint density at radius 3 is 2.35 bits per heavy atom. The maximum Gasteiger partial charge on any atom is 0.294 e. The molecule has 1 fully saturated rings. The minimum absolute atomic E-state index is 0.0666. The van der Waals surface area contributed by atoms with Crippen molar-refractivity contribution in [1.82, 2.24) is 10.2 Å². The van der Waals surface area contributed by atoms with E-state index in [1.54, 1.807) is 12.1 Å². The van der Waals surface area contributed by atoms with Crippen LogP contribution in [-0.2, 0) is 14.9 Å². The monoisotopic (exact) mass is 446 g/mol. The van der Waals surface area contributed by atoms with Crippen molar-refractivity contribution in [3.05, 3.63) is 65.2 Å². The van der Waals surface area contributed by atoms with E-state index in [4.69, 9.17) is 4.55 Å². The Labute approximate surface area is 186 Å². The number of hydrogen-bond donors (Lipinski definition) is 2. The lowest BCUT2D eigenvalue weighted by Crippen LogP contribution is -2.34. The molecule has 0 bridgehead atoms. The number of nitrogens with zero attached hydrogens (tertiary/aromatic N) is 1. The molecule has 1 saturated heterocycles. The van der Waals surface area contributed by atoms with Crippen LogP contribution in [0.5, 0.6) is 0 Å². The molecule has 0 aliphatic carbocycles. The van der Waals surface area contributed by atoms with Crippen LogP contribution in [0.1, 0.15) is 48.8 Å². The van der Waals surface area contributed by atoms with Crippen LogP contribution in [0.2, 0.25) is 0 Å². The van der Waals surface area contributed by atoms with Gasteiger partial charge in [-0.25, -0.2) is 0 Å². The minimum atomic E-state index is -4.02. The maximum atomic E-state index is 12.3. The third-order valence-electron chi connectivity index (χ3n) is 5.66. The molecule has 1 aliphatic rings. The van der Waals surface area contributed by atoms with E-state index < -0.39 is 10.1 Å². The van der Waals surface area contributed by atoms with Gasteiger partial charge in [-0.15, -0.1) is 0 Å². The van der Waals surface area contributed by atoms with Gasteiger partial charge in [-0.2, -0.15) is 8.42 Å². The quantitative estimate of drug-likeness (QED) is 0.518. The largest absolute Gasteiger partial charge is 0.339 e. The normalized spacial score (nSPS) is 18.4.